The second-order valence-corrected chi connectivity index (χ2v) is 3.78. The lowest BCUT2D eigenvalue weighted by Crippen LogP contribution is -2.14. The van der Waals surface area contributed by atoms with Crippen molar-refractivity contribution in [2.24, 2.45) is 5.73 Å². The summed E-state index contributed by atoms with van der Waals surface area (Å²) in [6, 6.07) is 3.77. The van der Waals surface area contributed by atoms with Crippen LogP contribution < -0.4 is 5.73 Å². The average Bonchev–Trinajstić information content (AvgIpc) is 2.80. The Morgan fingerprint density at radius 1 is 1.41 bits per heavy atom. The molecule has 0 bridgehead atoms. The van der Waals surface area contributed by atoms with Crippen LogP contribution in [0.1, 0.15) is 25.1 Å². The summed E-state index contributed by atoms with van der Waals surface area (Å²) in [4.78, 5) is 3.93. The fraction of sp³-hybridized carbons (Fsp3) is 0.250. The van der Waals surface area contributed by atoms with Gasteiger partial charge in [-0.05, 0) is 18.6 Å². The molecule has 0 aliphatic heterocycles. The van der Waals surface area contributed by atoms with Crippen LogP contribution in [0.5, 0.6) is 0 Å². The van der Waals surface area contributed by atoms with E-state index < -0.39 is 11.6 Å². The predicted molar refractivity (Wildman–Crippen MR) is 60.7 cm³/mol. The molecule has 0 aliphatic rings. The van der Waals surface area contributed by atoms with Gasteiger partial charge in [0.2, 0.25) is 0 Å². The van der Waals surface area contributed by atoms with Crippen molar-refractivity contribution in [2.75, 3.05) is 0 Å². The summed E-state index contributed by atoms with van der Waals surface area (Å²) in [6.45, 7) is 1.92. The number of imidazole rings is 1. The highest BCUT2D eigenvalue weighted by molar-refractivity contribution is 5.36. The Hall–Kier alpha value is -1.75. The maximum atomic E-state index is 13.6. The molecule has 0 saturated heterocycles. The zero-order valence-corrected chi connectivity index (χ0v) is 9.40. The predicted octanol–water partition coefficient (Wildman–Crippen LogP) is 2.56. The molecule has 0 fully saturated rings. The summed E-state index contributed by atoms with van der Waals surface area (Å²) in [5.41, 5.74) is 6.68. The van der Waals surface area contributed by atoms with E-state index in [-0.39, 0.29) is 11.7 Å². The van der Waals surface area contributed by atoms with Gasteiger partial charge < -0.3 is 5.73 Å². The third-order valence-corrected chi connectivity index (χ3v) is 2.68. The van der Waals surface area contributed by atoms with Gasteiger partial charge in [-0.15, -0.1) is 0 Å². The van der Waals surface area contributed by atoms with E-state index in [1.165, 1.54) is 23.0 Å². The van der Waals surface area contributed by atoms with E-state index >= 15 is 0 Å². The minimum atomic E-state index is -0.893. The van der Waals surface area contributed by atoms with E-state index in [2.05, 4.69) is 4.98 Å². The molecule has 2 rings (SSSR count). The minimum absolute atomic E-state index is 0.126. The highest BCUT2D eigenvalue weighted by Gasteiger charge is 2.15. The van der Waals surface area contributed by atoms with Gasteiger partial charge in [0.05, 0.1) is 23.9 Å². The number of hydrogen-bond donors (Lipinski definition) is 1. The largest absolute Gasteiger partial charge is 0.323 e. The first kappa shape index (κ1) is 11.7. The number of halogens is 2. The molecule has 17 heavy (non-hydrogen) atoms. The Bertz CT molecular complexity index is 522. The van der Waals surface area contributed by atoms with Crippen molar-refractivity contribution in [3.05, 3.63) is 48.1 Å². The number of benzene rings is 1. The second kappa shape index (κ2) is 4.63. The summed E-state index contributed by atoms with van der Waals surface area (Å²) < 4.78 is 28.3. The van der Waals surface area contributed by atoms with Crippen LogP contribution >= 0.6 is 0 Å². The van der Waals surface area contributed by atoms with Crippen LogP contribution in [0.2, 0.25) is 0 Å². The van der Waals surface area contributed by atoms with Crippen LogP contribution in [-0.4, -0.2) is 9.55 Å². The molecule has 1 aromatic carbocycles. The normalized spacial score (nSPS) is 12.7. The first-order chi connectivity index (χ1) is 8.15. The molecule has 0 aliphatic carbocycles. The molecular weight excluding hydrogens is 224 g/mol. The van der Waals surface area contributed by atoms with Gasteiger partial charge >= 0.3 is 0 Å². The summed E-state index contributed by atoms with van der Waals surface area (Å²) in [5, 5.41) is 0. The molecule has 1 atom stereocenters. The smallest absolute Gasteiger partial charge is 0.182 e. The Kier molecular flexibility index (Phi) is 3.19. The SMILES string of the molecule is CC[C@@H](N)c1cncn1-c1cccc(F)c1F. The lowest BCUT2D eigenvalue weighted by Gasteiger charge is -2.13. The van der Waals surface area contributed by atoms with E-state index in [0.717, 1.165) is 6.07 Å². The molecule has 5 heteroatoms. The second-order valence-electron chi connectivity index (χ2n) is 3.78. The third-order valence-electron chi connectivity index (χ3n) is 2.68. The van der Waals surface area contributed by atoms with Crippen LogP contribution in [0, 0.1) is 11.6 Å². The maximum Gasteiger partial charge on any atom is 0.182 e. The molecule has 3 nitrogen and oxygen atoms in total. The van der Waals surface area contributed by atoms with Gasteiger partial charge in [0, 0.05) is 6.04 Å². The van der Waals surface area contributed by atoms with E-state index in [9.17, 15) is 8.78 Å². The first-order valence-electron chi connectivity index (χ1n) is 5.37. The lowest BCUT2D eigenvalue weighted by atomic mass is 10.1. The van der Waals surface area contributed by atoms with E-state index in [1.807, 2.05) is 6.92 Å². The molecule has 0 unspecified atom stereocenters. The molecule has 0 radical (unpaired) electrons. The summed E-state index contributed by atoms with van der Waals surface area (Å²) in [7, 11) is 0. The fourth-order valence-electron chi connectivity index (χ4n) is 1.67. The molecule has 1 aromatic heterocycles. The molecule has 2 aromatic rings. The van der Waals surface area contributed by atoms with Crippen molar-refractivity contribution in [3.63, 3.8) is 0 Å². The lowest BCUT2D eigenvalue weighted by molar-refractivity contribution is 0.502. The Labute approximate surface area is 97.9 Å². The van der Waals surface area contributed by atoms with Crippen molar-refractivity contribution in [2.45, 2.75) is 19.4 Å². The topological polar surface area (TPSA) is 43.8 Å². The van der Waals surface area contributed by atoms with Crippen LogP contribution in [0.4, 0.5) is 8.78 Å². The molecular formula is C12H13F2N3. The Morgan fingerprint density at radius 2 is 2.18 bits per heavy atom. The molecule has 90 valence electrons. The zero-order chi connectivity index (χ0) is 12.4. The van der Waals surface area contributed by atoms with E-state index in [4.69, 9.17) is 5.73 Å². The third kappa shape index (κ3) is 2.06. The van der Waals surface area contributed by atoms with Gasteiger partial charge in [-0.25, -0.2) is 13.8 Å². The summed E-state index contributed by atoms with van der Waals surface area (Å²) >= 11 is 0. The van der Waals surface area contributed by atoms with Gasteiger partial charge in [0.25, 0.3) is 0 Å². The number of nitrogens with two attached hydrogens (primary N) is 1. The van der Waals surface area contributed by atoms with Crippen LogP contribution in [-0.2, 0) is 0 Å². The monoisotopic (exact) mass is 237 g/mol. The Morgan fingerprint density at radius 3 is 2.88 bits per heavy atom. The van der Waals surface area contributed by atoms with E-state index in [0.29, 0.717) is 12.1 Å². The standard InChI is InChI=1S/C12H13F2N3/c1-2-9(15)11-6-16-7-17(11)10-5-3-4-8(13)12(10)14/h3-7,9H,2,15H2,1H3/t9-/m1/s1. The van der Waals surface area contributed by atoms with Gasteiger partial charge in [0.1, 0.15) is 0 Å². The number of aromatic nitrogens is 2. The molecule has 1 heterocycles. The van der Waals surface area contributed by atoms with Crippen molar-refractivity contribution < 1.29 is 8.78 Å². The summed E-state index contributed by atoms with van der Waals surface area (Å²) in [6.07, 6.45) is 3.70. The molecule has 2 N–H and O–H groups in total. The van der Waals surface area contributed by atoms with Crippen LogP contribution in [0.3, 0.4) is 0 Å². The van der Waals surface area contributed by atoms with Crippen LogP contribution in [0.25, 0.3) is 5.69 Å². The summed E-state index contributed by atoms with van der Waals surface area (Å²) in [5.74, 6) is -1.78. The maximum absolute atomic E-state index is 13.6. The van der Waals surface area contributed by atoms with Crippen LogP contribution in [0.15, 0.2) is 30.7 Å². The van der Waals surface area contributed by atoms with Gasteiger partial charge in [-0.1, -0.05) is 13.0 Å². The van der Waals surface area contributed by atoms with Gasteiger partial charge in [-0.3, -0.25) is 4.57 Å². The number of hydrogen-bond acceptors (Lipinski definition) is 2. The number of nitrogens with zero attached hydrogens (tertiary/aromatic N) is 2. The zero-order valence-electron chi connectivity index (χ0n) is 9.40. The van der Waals surface area contributed by atoms with Gasteiger partial charge in [-0.2, -0.15) is 0 Å². The molecule has 0 saturated carbocycles. The van der Waals surface area contributed by atoms with Gasteiger partial charge in [0.15, 0.2) is 11.6 Å². The highest BCUT2D eigenvalue weighted by Crippen LogP contribution is 2.21. The van der Waals surface area contributed by atoms with E-state index in [1.54, 1.807) is 6.20 Å². The van der Waals surface area contributed by atoms with Crippen molar-refractivity contribution in [3.8, 4) is 5.69 Å². The number of rotatable bonds is 3. The van der Waals surface area contributed by atoms with Crippen molar-refractivity contribution >= 4 is 0 Å². The Balaban J connectivity index is 2.54. The quantitative estimate of drug-likeness (QED) is 0.891. The highest BCUT2D eigenvalue weighted by atomic mass is 19.2. The van der Waals surface area contributed by atoms with Crippen molar-refractivity contribution in [1.29, 1.82) is 0 Å². The first-order valence-corrected chi connectivity index (χ1v) is 5.37. The van der Waals surface area contributed by atoms with Crippen molar-refractivity contribution in [1.82, 2.24) is 9.55 Å². The average molecular weight is 237 g/mol. The molecule has 0 spiro atoms. The minimum Gasteiger partial charge on any atom is -0.323 e. The molecule has 0 amide bonds. The fourth-order valence-corrected chi connectivity index (χ4v) is 1.67.